The molecular formula is C24H36O9. The van der Waals surface area contributed by atoms with Gasteiger partial charge in [-0.1, -0.05) is 13.3 Å². The number of ether oxygens (including phenoxy) is 4. The van der Waals surface area contributed by atoms with Crippen molar-refractivity contribution in [1.82, 2.24) is 0 Å². The lowest BCUT2D eigenvalue weighted by molar-refractivity contribution is -0.281. The van der Waals surface area contributed by atoms with E-state index in [2.05, 4.69) is 0 Å². The number of hydrogen-bond donors (Lipinski definition) is 2. The van der Waals surface area contributed by atoms with E-state index in [0.29, 0.717) is 38.9 Å². The van der Waals surface area contributed by atoms with Crippen LogP contribution in [0.1, 0.15) is 59.8 Å². The van der Waals surface area contributed by atoms with Gasteiger partial charge < -0.3 is 29.2 Å². The summed E-state index contributed by atoms with van der Waals surface area (Å²) in [7, 11) is 0. The summed E-state index contributed by atoms with van der Waals surface area (Å²) >= 11 is 0. The number of aliphatic hydroxyl groups excluding tert-OH is 1. The first-order valence-electron chi connectivity index (χ1n) is 12.0. The number of esters is 2. The summed E-state index contributed by atoms with van der Waals surface area (Å²) in [5.74, 6) is -2.60. The zero-order valence-electron chi connectivity index (χ0n) is 19.9. The minimum absolute atomic E-state index is 0.101. The number of aliphatic hydroxyl groups is 2. The van der Waals surface area contributed by atoms with Crippen LogP contribution in [0.2, 0.25) is 0 Å². The summed E-state index contributed by atoms with van der Waals surface area (Å²) in [5, 5.41) is 23.0. The fourth-order valence-corrected chi connectivity index (χ4v) is 7.24. The van der Waals surface area contributed by atoms with E-state index >= 15 is 0 Å². The Morgan fingerprint density at radius 1 is 1.21 bits per heavy atom. The van der Waals surface area contributed by atoms with E-state index < -0.39 is 58.4 Å². The fourth-order valence-electron chi connectivity index (χ4n) is 7.24. The van der Waals surface area contributed by atoms with Crippen LogP contribution in [0.3, 0.4) is 0 Å². The molecule has 0 aromatic heterocycles. The molecule has 9 nitrogen and oxygen atoms in total. The quantitative estimate of drug-likeness (QED) is 0.588. The van der Waals surface area contributed by atoms with Gasteiger partial charge >= 0.3 is 11.9 Å². The molecule has 4 rings (SSSR count). The van der Waals surface area contributed by atoms with Gasteiger partial charge in [0.1, 0.15) is 12.7 Å². The van der Waals surface area contributed by atoms with Gasteiger partial charge in [-0.3, -0.25) is 14.4 Å². The van der Waals surface area contributed by atoms with Crippen molar-refractivity contribution in [1.29, 1.82) is 0 Å². The zero-order valence-corrected chi connectivity index (χ0v) is 19.9. The molecule has 2 N–H and O–H groups in total. The van der Waals surface area contributed by atoms with Crippen LogP contribution in [0.4, 0.5) is 0 Å². The second-order valence-electron chi connectivity index (χ2n) is 10.6. The monoisotopic (exact) mass is 468 g/mol. The van der Waals surface area contributed by atoms with Crippen LogP contribution in [0.5, 0.6) is 0 Å². The second kappa shape index (κ2) is 8.59. The average Bonchev–Trinajstić information content (AvgIpc) is 3.38. The number of hydrogen-bond acceptors (Lipinski definition) is 9. The van der Waals surface area contributed by atoms with Crippen LogP contribution in [-0.2, 0) is 33.3 Å². The van der Waals surface area contributed by atoms with Crippen molar-refractivity contribution in [3.05, 3.63) is 0 Å². The van der Waals surface area contributed by atoms with Crippen LogP contribution >= 0.6 is 0 Å². The van der Waals surface area contributed by atoms with Crippen molar-refractivity contribution in [3.63, 3.8) is 0 Å². The molecule has 2 aliphatic heterocycles. The van der Waals surface area contributed by atoms with E-state index in [9.17, 15) is 24.6 Å². The largest absolute Gasteiger partial charge is 0.465 e. The molecule has 2 heterocycles. The number of carbonyl (C=O) groups is 3. The average molecular weight is 469 g/mol. The molecule has 0 aromatic carbocycles. The summed E-state index contributed by atoms with van der Waals surface area (Å²) in [5.41, 5.74) is -3.90. The third-order valence-electron chi connectivity index (χ3n) is 8.99. The Bertz CT molecular complexity index is 804. The summed E-state index contributed by atoms with van der Waals surface area (Å²) < 4.78 is 23.0. The molecule has 9 atom stereocenters. The number of carbonyl (C=O) groups excluding carboxylic acids is 3. The highest BCUT2D eigenvalue weighted by Gasteiger charge is 2.75. The maximum Gasteiger partial charge on any atom is 0.304 e. The third kappa shape index (κ3) is 3.63. The first-order valence-corrected chi connectivity index (χ1v) is 12.0. The lowest BCUT2D eigenvalue weighted by atomic mass is 9.41. The highest BCUT2D eigenvalue weighted by molar-refractivity contribution is 5.88. The Labute approximate surface area is 194 Å². The summed E-state index contributed by atoms with van der Waals surface area (Å²) in [6.45, 7) is 6.76. The Hall–Kier alpha value is -1.55. The Balaban J connectivity index is 1.86. The van der Waals surface area contributed by atoms with Crippen molar-refractivity contribution in [2.24, 2.45) is 28.6 Å². The number of fused-ring (bicyclic) bond motifs is 2. The minimum atomic E-state index is -1.52. The fraction of sp³-hybridized carbons (Fsp3) is 0.875. The van der Waals surface area contributed by atoms with Gasteiger partial charge in [-0.25, -0.2) is 0 Å². The molecular weight excluding hydrogens is 432 g/mol. The number of ketones is 1. The molecule has 4 aliphatic rings. The molecule has 2 aliphatic carbocycles. The summed E-state index contributed by atoms with van der Waals surface area (Å²) in [6.07, 6.45) is -0.0213. The Morgan fingerprint density at radius 2 is 1.94 bits per heavy atom. The van der Waals surface area contributed by atoms with Gasteiger partial charge in [0, 0.05) is 37.7 Å². The highest BCUT2D eigenvalue weighted by atomic mass is 16.7. The molecule has 0 radical (unpaired) electrons. The number of rotatable bonds is 4. The van der Waals surface area contributed by atoms with Crippen molar-refractivity contribution in [2.75, 3.05) is 19.8 Å². The van der Waals surface area contributed by atoms with E-state index in [-0.39, 0.29) is 18.6 Å². The smallest absolute Gasteiger partial charge is 0.304 e. The lowest BCUT2D eigenvalue weighted by Crippen LogP contribution is -2.73. The molecule has 2 saturated heterocycles. The van der Waals surface area contributed by atoms with E-state index in [1.54, 1.807) is 13.8 Å². The standard InChI is InChI=1S/C24H36O9/c1-13-19(27)20(28)24(12-31-14(2)25)18(6-5-8-22(24,4)29)23(13)10-17(16-7-9-30-11-16)33-21(23)32-15(3)26/h13,16-18,20-21,28-29H,5-12H2,1-4H3/t13-,16?,17+,18-,20+,21-,22-,23-,24+/m1/s1. The molecule has 0 aromatic rings. The molecule has 9 heteroatoms. The first-order chi connectivity index (χ1) is 15.5. The van der Waals surface area contributed by atoms with Crippen molar-refractivity contribution in [3.8, 4) is 0 Å². The van der Waals surface area contributed by atoms with Gasteiger partial charge in [0.05, 0.1) is 23.7 Å². The topological polar surface area (TPSA) is 129 Å². The summed E-state index contributed by atoms with van der Waals surface area (Å²) in [4.78, 5) is 37.5. The molecule has 186 valence electrons. The van der Waals surface area contributed by atoms with Crippen molar-refractivity contribution >= 4 is 17.7 Å². The van der Waals surface area contributed by atoms with E-state index in [0.717, 1.165) is 6.42 Å². The maximum atomic E-state index is 13.6. The van der Waals surface area contributed by atoms with E-state index in [1.807, 2.05) is 0 Å². The van der Waals surface area contributed by atoms with Gasteiger partial charge in [0.2, 0.25) is 6.29 Å². The molecule has 4 fully saturated rings. The second-order valence-corrected chi connectivity index (χ2v) is 10.6. The molecule has 2 saturated carbocycles. The number of Topliss-reactive ketones (excluding diaryl/α,β-unsaturated/α-hetero) is 1. The predicted octanol–water partition coefficient (Wildman–Crippen LogP) is 1.37. The highest BCUT2D eigenvalue weighted by Crippen LogP contribution is 2.67. The van der Waals surface area contributed by atoms with Crippen molar-refractivity contribution in [2.45, 2.75) is 83.9 Å². The van der Waals surface area contributed by atoms with E-state index in [4.69, 9.17) is 18.9 Å². The molecule has 0 amide bonds. The van der Waals surface area contributed by atoms with Crippen LogP contribution in [-0.4, -0.2) is 71.9 Å². The van der Waals surface area contributed by atoms with Crippen LogP contribution in [0, 0.1) is 28.6 Å². The lowest BCUT2D eigenvalue weighted by Gasteiger charge is -2.64. The minimum Gasteiger partial charge on any atom is -0.465 e. The van der Waals surface area contributed by atoms with Gasteiger partial charge in [-0.05, 0) is 38.5 Å². The normalized spacial score (nSPS) is 47.4. The van der Waals surface area contributed by atoms with Gasteiger partial charge in [-0.15, -0.1) is 0 Å². The summed E-state index contributed by atoms with van der Waals surface area (Å²) in [6, 6.07) is 0. The first kappa shape index (κ1) is 24.6. The molecule has 1 unspecified atom stereocenters. The molecule has 0 bridgehead atoms. The molecule has 1 spiro atoms. The van der Waals surface area contributed by atoms with Gasteiger partial charge in [0.25, 0.3) is 0 Å². The molecule has 33 heavy (non-hydrogen) atoms. The zero-order chi connectivity index (χ0) is 24.2. The van der Waals surface area contributed by atoms with Crippen molar-refractivity contribution < 1.29 is 43.5 Å². The van der Waals surface area contributed by atoms with Crippen LogP contribution in [0.25, 0.3) is 0 Å². The van der Waals surface area contributed by atoms with Gasteiger partial charge in [-0.2, -0.15) is 0 Å². The maximum absolute atomic E-state index is 13.6. The van der Waals surface area contributed by atoms with Crippen LogP contribution in [0.15, 0.2) is 0 Å². The third-order valence-corrected chi connectivity index (χ3v) is 8.99. The SMILES string of the molecule is CC(=O)OC[C@@]12[C@H](CCC[C@@]1(C)O)[C@@]1(C[C@@H](C3CCOC3)O[C@H]1OC(C)=O)[C@H](C)C(=O)[C@@H]2O. The van der Waals surface area contributed by atoms with Gasteiger partial charge in [0.15, 0.2) is 5.78 Å². The Morgan fingerprint density at radius 3 is 2.55 bits per heavy atom. The van der Waals surface area contributed by atoms with E-state index in [1.165, 1.54) is 13.8 Å². The predicted molar refractivity (Wildman–Crippen MR) is 114 cm³/mol. The Kier molecular flexibility index (Phi) is 6.40. The van der Waals surface area contributed by atoms with Crippen LogP contribution < -0.4 is 0 Å².